The molecule has 1 amide bonds. The van der Waals surface area contributed by atoms with E-state index in [1.807, 2.05) is 0 Å². The summed E-state index contributed by atoms with van der Waals surface area (Å²) in [6, 6.07) is 0.634. The van der Waals surface area contributed by atoms with Gasteiger partial charge in [0.1, 0.15) is 0 Å². The maximum absolute atomic E-state index is 11.9. The van der Waals surface area contributed by atoms with E-state index in [0.717, 1.165) is 32.6 Å². The number of rotatable bonds is 6. The van der Waals surface area contributed by atoms with Crippen LogP contribution in [0.2, 0.25) is 0 Å². The Hall–Kier alpha value is -0.610. The van der Waals surface area contributed by atoms with Crippen LogP contribution in [0.5, 0.6) is 0 Å². The highest BCUT2D eigenvalue weighted by molar-refractivity contribution is 5.75. The summed E-state index contributed by atoms with van der Waals surface area (Å²) >= 11 is 0. The van der Waals surface area contributed by atoms with Gasteiger partial charge < -0.3 is 15.5 Å². The monoisotopic (exact) mass is 281 g/mol. The van der Waals surface area contributed by atoms with Gasteiger partial charge in [-0.3, -0.25) is 4.79 Å². The Morgan fingerprint density at radius 3 is 2.85 bits per heavy atom. The van der Waals surface area contributed by atoms with Gasteiger partial charge in [0.15, 0.2) is 0 Å². The lowest BCUT2D eigenvalue weighted by Gasteiger charge is -2.22. The lowest BCUT2D eigenvalue weighted by molar-refractivity contribution is -0.121. The van der Waals surface area contributed by atoms with Crippen molar-refractivity contribution in [2.75, 3.05) is 32.7 Å². The quantitative estimate of drug-likeness (QED) is 0.777. The van der Waals surface area contributed by atoms with E-state index in [9.17, 15) is 4.79 Å². The minimum Gasteiger partial charge on any atom is -0.356 e. The van der Waals surface area contributed by atoms with Crippen molar-refractivity contribution >= 4 is 5.91 Å². The topological polar surface area (TPSA) is 44.4 Å². The van der Waals surface area contributed by atoms with E-state index in [2.05, 4.69) is 29.4 Å². The van der Waals surface area contributed by atoms with Crippen molar-refractivity contribution in [1.82, 2.24) is 15.5 Å². The number of hydrogen-bond donors (Lipinski definition) is 2. The van der Waals surface area contributed by atoms with Crippen molar-refractivity contribution < 1.29 is 4.79 Å². The molecule has 2 saturated heterocycles. The van der Waals surface area contributed by atoms with Gasteiger partial charge in [-0.25, -0.2) is 0 Å². The van der Waals surface area contributed by atoms with E-state index in [4.69, 9.17) is 0 Å². The van der Waals surface area contributed by atoms with Crippen LogP contribution in [-0.4, -0.2) is 49.6 Å². The Balaban J connectivity index is 1.56. The standard InChI is InChI=1S/C16H31N3O/c1-13(2)19-9-7-15(12-19)11-18-16(20)6-5-14-4-3-8-17-10-14/h13-15,17H,3-12H2,1-2H3,(H,18,20). The van der Waals surface area contributed by atoms with Gasteiger partial charge in [0.25, 0.3) is 0 Å². The van der Waals surface area contributed by atoms with Gasteiger partial charge in [-0.05, 0) is 71.0 Å². The summed E-state index contributed by atoms with van der Waals surface area (Å²) in [6.45, 7) is 9.94. The number of nitrogens with one attached hydrogen (secondary N) is 2. The number of likely N-dealkylation sites (tertiary alicyclic amines) is 1. The highest BCUT2D eigenvalue weighted by atomic mass is 16.1. The molecule has 116 valence electrons. The molecule has 4 heteroatoms. The fraction of sp³-hybridized carbons (Fsp3) is 0.938. The van der Waals surface area contributed by atoms with Gasteiger partial charge in [-0.2, -0.15) is 0 Å². The molecule has 2 aliphatic rings. The molecule has 0 radical (unpaired) electrons. The lowest BCUT2D eigenvalue weighted by Crippen LogP contribution is -2.34. The Labute approximate surface area is 123 Å². The average Bonchev–Trinajstić information content (AvgIpc) is 2.93. The molecule has 4 nitrogen and oxygen atoms in total. The molecule has 2 unspecified atom stereocenters. The van der Waals surface area contributed by atoms with E-state index >= 15 is 0 Å². The van der Waals surface area contributed by atoms with Crippen LogP contribution in [0.3, 0.4) is 0 Å². The summed E-state index contributed by atoms with van der Waals surface area (Å²) in [5, 5.41) is 6.55. The second-order valence-corrected chi connectivity index (χ2v) is 6.80. The predicted octanol–water partition coefficient (Wildman–Crippen LogP) is 1.61. The number of nitrogens with zero attached hydrogens (tertiary/aromatic N) is 1. The van der Waals surface area contributed by atoms with E-state index in [1.165, 1.54) is 25.8 Å². The van der Waals surface area contributed by atoms with Crippen LogP contribution in [0.1, 0.15) is 46.0 Å². The van der Waals surface area contributed by atoms with E-state index in [-0.39, 0.29) is 5.91 Å². The normalized spacial score (nSPS) is 27.9. The summed E-state index contributed by atoms with van der Waals surface area (Å²) in [5.74, 6) is 1.61. The summed E-state index contributed by atoms with van der Waals surface area (Å²) in [4.78, 5) is 14.4. The summed E-state index contributed by atoms with van der Waals surface area (Å²) < 4.78 is 0. The molecule has 20 heavy (non-hydrogen) atoms. The molecule has 0 aliphatic carbocycles. The molecule has 0 spiro atoms. The van der Waals surface area contributed by atoms with Crippen molar-refractivity contribution in [2.45, 2.75) is 52.0 Å². The SMILES string of the molecule is CC(C)N1CCC(CNC(=O)CCC2CCCNC2)C1. The third-order valence-corrected chi connectivity index (χ3v) is 4.81. The second kappa shape index (κ2) is 7.99. The highest BCUT2D eigenvalue weighted by Gasteiger charge is 2.24. The van der Waals surface area contributed by atoms with Gasteiger partial charge in [-0.1, -0.05) is 0 Å². The summed E-state index contributed by atoms with van der Waals surface area (Å²) in [5.41, 5.74) is 0. The molecule has 2 rings (SSSR count). The zero-order valence-electron chi connectivity index (χ0n) is 13.2. The van der Waals surface area contributed by atoms with Crippen LogP contribution in [-0.2, 0) is 4.79 Å². The first-order chi connectivity index (χ1) is 9.65. The first-order valence-corrected chi connectivity index (χ1v) is 8.36. The summed E-state index contributed by atoms with van der Waals surface area (Å²) in [6.07, 6.45) is 5.52. The summed E-state index contributed by atoms with van der Waals surface area (Å²) in [7, 11) is 0. The number of piperidine rings is 1. The molecule has 2 heterocycles. The van der Waals surface area contributed by atoms with Crippen LogP contribution in [0.25, 0.3) is 0 Å². The van der Waals surface area contributed by atoms with Gasteiger partial charge in [0, 0.05) is 25.6 Å². The molecule has 0 saturated carbocycles. The average molecular weight is 281 g/mol. The van der Waals surface area contributed by atoms with E-state index in [0.29, 0.717) is 24.3 Å². The zero-order valence-corrected chi connectivity index (χ0v) is 13.2. The van der Waals surface area contributed by atoms with Crippen molar-refractivity contribution in [3.05, 3.63) is 0 Å². The predicted molar refractivity (Wildman–Crippen MR) is 82.7 cm³/mol. The highest BCUT2D eigenvalue weighted by Crippen LogP contribution is 2.18. The molecule has 2 aliphatic heterocycles. The number of carbonyl (C=O) groups is 1. The second-order valence-electron chi connectivity index (χ2n) is 6.80. The molecule has 2 N–H and O–H groups in total. The molecular formula is C16H31N3O. The Morgan fingerprint density at radius 2 is 2.20 bits per heavy atom. The minimum atomic E-state index is 0.249. The van der Waals surface area contributed by atoms with Crippen LogP contribution < -0.4 is 10.6 Å². The molecule has 2 fully saturated rings. The maximum Gasteiger partial charge on any atom is 0.220 e. The molecule has 0 bridgehead atoms. The van der Waals surface area contributed by atoms with E-state index < -0.39 is 0 Å². The molecule has 2 atom stereocenters. The molecule has 0 aromatic heterocycles. The van der Waals surface area contributed by atoms with Crippen LogP contribution in [0.4, 0.5) is 0 Å². The van der Waals surface area contributed by atoms with Crippen molar-refractivity contribution in [3.63, 3.8) is 0 Å². The smallest absolute Gasteiger partial charge is 0.220 e. The Kier molecular flexibility index (Phi) is 6.30. The van der Waals surface area contributed by atoms with Crippen LogP contribution >= 0.6 is 0 Å². The van der Waals surface area contributed by atoms with Gasteiger partial charge in [0.2, 0.25) is 5.91 Å². The lowest BCUT2D eigenvalue weighted by atomic mass is 9.94. The van der Waals surface area contributed by atoms with Crippen LogP contribution in [0.15, 0.2) is 0 Å². The largest absolute Gasteiger partial charge is 0.356 e. The fourth-order valence-corrected chi connectivity index (χ4v) is 3.35. The Morgan fingerprint density at radius 1 is 1.35 bits per heavy atom. The van der Waals surface area contributed by atoms with Crippen molar-refractivity contribution in [1.29, 1.82) is 0 Å². The fourth-order valence-electron chi connectivity index (χ4n) is 3.35. The van der Waals surface area contributed by atoms with E-state index in [1.54, 1.807) is 0 Å². The molecule has 0 aromatic rings. The van der Waals surface area contributed by atoms with Gasteiger partial charge in [-0.15, -0.1) is 0 Å². The number of carbonyl (C=O) groups excluding carboxylic acids is 1. The third kappa shape index (κ3) is 5.06. The molecule has 0 aromatic carbocycles. The maximum atomic E-state index is 11.9. The number of amides is 1. The minimum absolute atomic E-state index is 0.249. The first-order valence-electron chi connectivity index (χ1n) is 8.36. The van der Waals surface area contributed by atoms with Gasteiger partial charge in [0.05, 0.1) is 0 Å². The van der Waals surface area contributed by atoms with Crippen molar-refractivity contribution in [3.8, 4) is 0 Å². The zero-order chi connectivity index (χ0) is 14.4. The Bertz CT molecular complexity index is 300. The molecular weight excluding hydrogens is 250 g/mol. The van der Waals surface area contributed by atoms with Crippen LogP contribution in [0, 0.1) is 11.8 Å². The van der Waals surface area contributed by atoms with Crippen molar-refractivity contribution in [2.24, 2.45) is 11.8 Å². The number of hydrogen-bond acceptors (Lipinski definition) is 3. The third-order valence-electron chi connectivity index (χ3n) is 4.81. The van der Waals surface area contributed by atoms with Gasteiger partial charge >= 0.3 is 0 Å². The first kappa shape index (κ1) is 15.8.